The molecule has 0 saturated carbocycles. The van der Waals surface area contributed by atoms with Crippen LogP contribution in [0.4, 0.5) is 30.7 Å². The van der Waals surface area contributed by atoms with Gasteiger partial charge in [-0.25, -0.2) is 9.18 Å². The van der Waals surface area contributed by atoms with Gasteiger partial charge in [0.1, 0.15) is 18.2 Å². The summed E-state index contributed by atoms with van der Waals surface area (Å²) in [4.78, 5) is 15.8. The Kier molecular flexibility index (Phi) is 7.99. The fourth-order valence-corrected chi connectivity index (χ4v) is 4.42. The van der Waals surface area contributed by atoms with Crippen LogP contribution in [0.15, 0.2) is 54.7 Å². The van der Waals surface area contributed by atoms with Crippen molar-refractivity contribution in [2.45, 2.75) is 45.1 Å². The van der Waals surface area contributed by atoms with Crippen LogP contribution in [-0.2, 0) is 23.7 Å². The molecular formula is C28H22F7NO3. The highest BCUT2D eigenvalue weighted by Gasteiger charge is 2.38. The van der Waals surface area contributed by atoms with Gasteiger partial charge in [-0.2, -0.15) is 26.3 Å². The summed E-state index contributed by atoms with van der Waals surface area (Å²) in [7, 11) is 0. The fourth-order valence-electron chi connectivity index (χ4n) is 4.42. The van der Waals surface area contributed by atoms with Gasteiger partial charge < -0.3 is 9.47 Å². The molecule has 4 nitrogen and oxygen atoms in total. The Morgan fingerprint density at radius 2 is 1.67 bits per heavy atom. The highest BCUT2D eigenvalue weighted by molar-refractivity contribution is 5.97. The summed E-state index contributed by atoms with van der Waals surface area (Å²) in [6.45, 7) is 1.01. The third-order valence-electron chi connectivity index (χ3n) is 6.19. The topological polar surface area (TPSA) is 48.4 Å². The number of alkyl halides is 6. The smallest absolute Gasteiger partial charge is 0.434 e. The maximum atomic E-state index is 14.1. The second-order valence-corrected chi connectivity index (χ2v) is 8.74. The molecule has 0 radical (unpaired) electrons. The third kappa shape index (κ3) is 6.23. The summed E-state index contributed by atoms with van der Waals surface area (Å²) in [6, 6.07) is 9.66. The summed E-state index contributed by atoms with van der Waals surface area (Å²) in [5.41, 5.74) is -1.92. The van der Waals surface area contributed by atoms with Crippen LogP contribution in [0.5, 0.6) is 5.75 Å². The monoisotopic (exact) mass is 553 g/mol. The molecular weight excluding hydrogens is 531 g/mol. The summed E-state index contributed by atoms with van der Waals surface area (Å²) < 4.78 is 106. The predicted molar refractivity (Wildman–Crippen MR) is 128 cm³/mol. The van der Waals surface area contributed by atoms with Crippen LogP contribution < -0.4 is 4.74 Å². The first-order valence-electron chi connectivity index (χ1n) is 11.9. The molecule has 1 heterocycles. The second-order valence-electron chi connectivity index (χ2n) is 8.74. The first-order chi connectivity index (χ1) is 18.4. The number of hydrogen-bond donors (Lipinski definition) is 0. The van der Waals surface area contributed by atoms with E-state index in [0.717, 1.165) is 30.5 Å². The molecule has 0 spiro atoms. The Morgan fingerprint density at radius 3 is 2.33 bits per heavy atom. The Bertz CT molecular complexity index is 1410. The van der Waals surface area contributed by atoms with Gasteiger partial charge in [0.25, 0.3) is 0 Å². The van der Waals surface area contributed by atoms with Gasteiger partial charge in [-0.15, -0.1) is 0 Å². The van der Waals surface area contributed by atoms with Gasteiger partial charge in [0.2, 0.25) is 0 Å². The van der Waals surface area contributed by atoms with Crippen LogP contribution in [0.3, 0.4) is 0 Å². The third-order valence-corrected chi connectivity index (χ3v) is 6.19. The van der Waals surface area contributed by atoms with Crippen molar-refractivity contribution in [3.8, 4) is 5.75 Å². The number of carbonyl (C=O) groups excluding carboxylic acids is 1. The number of halogens is 7. The van der Waals surface area contributed by atoms with Gasteiger partial charge in [-0.1, -0.05) is 18.2 Å². The first kappa shape index (κ1) is 28.1. The molecule has 0 atom stereocenters. The van der Waals surface area contributed by atoms with Crippen molar-refractivity contribution in [3.05, 3.63) is 94.1 Å². The van der Waals surface area contributed by atoms with Crippen molar-refractivity contribution in [3.63, 3.8) is 0 Å². The molecule has 0 amide bonds. The lowest BCUT2D eigenvalue weighted by Gasteiger charge is -2.18. The molecule has 0 saturated heterocycles. The standard InChI is InChI=1S/C28H22F7NO3/c1-2-38-26(37)22-12-17(14-36-25(22)28(33,34)35)19-7-5-8-20(19)21-13-18(27(30,31)32)10-11-24(21)39-15-16-6-3-4-9-23(16)29/h3-4,6,9-14H,2,5,7-8,15H2,1H3. The van der Waals surface area contributed by atoms with E-state index < -0.39 is 41.0 Å². The van der Waals surface area contributed by atoms with Crippen molar-refractivity contribution >= 4 is 17.1 Å². The van der Waals surface area contributed by atoms with Gasteiger partial charge >= 0.3 is 18.3 Å². The summed E-state index contributed by atoms with van der Waals surface area (Å²) in [6.07, 6.45) is -7.56. The molecule has 3 aromatic rings. The lowest BCUT2D eigenvalue weighted by atomic mass is 9.94. The van der Waals surface area contributed by atoms with Gasteiger partial charge in [0.15, 0.2) is 5.69 Å². The molecule has 0 unspecified atom stereocenters. The van der Waals surface area contributed by atoms with Crippen LogP contribution >= 0.6 is 0 Å². The zero-order valence-corrected chi connectivity index (χ0v) is 20.5. The van der Waals surface area contributed by atoms with Gasteiger partial charge in [-0.3, -0.25) is 4.98 Å². The minimum absolute atomic E-state index is 0.0474. The van der Waals surface area contributed by atoms with E-state index in [0.29, 0.717) is 30.4 Å². The predicted octanol–water partition coefficient (Wildman–Crippen LogP) is 8.11. The molecule has 0 aliphatic heterocycles. The summed E-state index contributed by atoms with van der Waals surface area (Å²) in [5.74, 6) is -1.72. The van der Waals surface area contributed by atoms with Crippen LogP contribution in [0.25, 0.3) is 11.1 Å². The largest absolute Gasteiger partial charge is 0.488 e. The molecule has 1 aliphatic rings. The van der Waals surface area contributed by atoms with E-state index in [-0.39, 0.29) is 35.7 Å². The SMILES string of the molecule is CCOC(=O)c1cc(C2=C(c3cc(C(F)(F)F)ccc3OCc3ccccc3F)CCC2)cnc1C(F)(F)F. The van der Waals surface area contributed by atoms with E-state index in [1.807, 2.05) is 0 Å². The van der Waals surface area contributed by atoms with Crippen LogP contribution in [0, 0.1) is 5.82 Å². The molecule has 0 N–H and O–H groups in total. The average Bonchev–Trinajstić information content (AvgIpc) is 3.37. The van der Waals surface area contributed by atoms with E-state index in [2.05, 4.69) is 4.98 Å². The normalized spacial score (nSPS) is 14.1. The maximum Gasteiger partial charge on any atom is 0.434 e. The van der Waals surface area contributed by atoms with Crippen molar-refractivity contribution in [1.29, 1.82) is 0 Å². The Balaban J connectivity index is 1.83. The van der Waals surface area contributed by atoms with Crippen molar-refractivity contribution in [1.82, 2.24) is 4.98 Å². The van der Waals surface area contributed by atoms with Crippen molar-refractivity contribution < 1.29 is 45.0 Å². The number of rotatable bonds is 7. The van der Waals surface area contributed by atoms with Gasteiger partial charge in [0, 0.05) is 17.3 Å². The number of benzene rings is 2. The number of nitrogens with zero attached hydrogens (tertiary/aromatic N) is 1. The molecule has 1 aromatic heterocycles. The zero-order chi connectivity index (χ0) is 28.4. The van der Waals surface area contributed by atoms with Crippen LogP contribution in [0.1, 0.15) is 64.5 Å². The Hall–Kier alpha value is -3.89. The number of hydrogen-bond acceptors (Lipinski definition) is 4. The molecule has 0 bridgehead atoms. The number of ether oxygens (including phenoxy) is 2. The summed E-state index contributed by atoms with van der Waals surface area (Å²) in [5, 5.41) is 0. The van der Waals surface area contributed by atoms with E-state index in [9.17, 15) is 35.5 Å². The van der Waals surface area contributed by atoms with E-state index in [1.165, 1.54) is 25.1 Å². The molecule has 206 valence electrons. The minimum atomic E-state index is -4.93. The lowest BCUT2D eigenvalue weighted by molar-refractivity contribution is -0.141. The fraction of sp³-hybridized carbons (Fsp3) is 0.286. The van der Waals surface area contributed by atoms with Gasteiger partial charge in [-0.05, 0) is 73.2 Å². The quantitative estimate of drug-likeness (QED) is 0.219. The summed E-state index contributed by atoms with van der Waals surface area (Å²) >= 11 is 0. The Labute approximate surface area is 219 Å². The average molecular weight is 553 g/mol. The van der Waals surface area contributed by atoms with Crippen molar-refractivity contribution in [2.24, 2.45) is 0 Å². The number of esters is 1. The van der Waals surface area contributed by atoms with E-state index in [1.54, 1.807) is 6.07 Å². The van der Waals surface area contributed by atoms with E-state index in [4.69, 9.17) is 9.47 Å². The Morgan fingerprint density at radius 1 is 0.949 bits per heavy atom. The van der Waals surface area contributed by atoms with Crippen molar-refractivity contribution in [2.75, 3.05) is 6.61 Å². The second kappa shape index (κ2) is 11.1. The number of aromatic nitrogens is 1. The zero-order valence-electron chi connectivity index (χ0n) is 20.5. The highest BCUT2D eigenvalue weighted by atomic mass is 19.4. The molecule has 11 heteroatoms. The van der Waals surface area contributed by atoms with E-state index >= 15 is 0 Å². The molecule has 0 fully saturated rings. The highest BCUT2D eigenvalue weighted by Crippen LogP contribution is 2.45. The maximum absolute atomic E-state index is 14.1. The lowest BCUT2D eigenvalue weighted by Crippen LogP contribution is -2.17. The molecule has 1 aliphatic carbocycles. The number of carbonyl (C=O) groups is 1. The first-order valence-corrected chi connectivity index (χ1v) is 11.9. The van der Waals surface area contributed by atoms with Crippen LogP contribution in [0.2, 0.25) is 0 Å². The molecule has 4 rings (SSSR count). The molecule has 2 aromatic carbocycles. The minimum Gasteiger partial charge on any atom is -0.488 e. The number of allylic oxidation sites excluding steroid dienone is 2. The van der Waals surface area contributed by atoms with Gasteiger partial charge in [0.05, 0.1) is 17.7 Å². The number of pyridine rings is 1. The molecule has 39 heavy (non-hydrogen) atoms. The van der Waals surface area contributed by atoms with Crippen LogP contribution in [-0.4, -0.2) is 17.6 Å².